The van der Waals surface area contributed by atoms with Gasteiger partial charge in [-0.15, -0.1) is 11.3 Å². The molecule has 2 rings (SSSR count). The lowest BCUT2D eigenvalue weighted by Crippen LogP contribution is -2.46. The Morgan fingerprint density at radius 1 is 1.42 bits per heavy atom. The van der Waals surface area contributed by atoms with Gasteiger partial charge in [-0.2, -0.15) is 0 Å². The Bertz CT molecular complexity index is 554. The first kappa shape index (κ1) is 18.9. The minimum absolute atomic E-state index is 0.0748. The van der Waals surface area contributed by atoms with Gasteiger partial charge in [0.2, 0.25) is 5.78 Å². The first-order chi connectivity index (χ1) is 11.3. The van der Waals surface area contributed by atoms with E-state index in [2.05, 4.69) is 10.3 Å². The van der Waals surface area contributed by atoms with Crippen molar-refractivity contribution in [3.8, 4) is 0 Å². The van der Waals surface area contributed by atoms with Crippen molar-refractivity contribution in [1.82, 2.24) is 10.3 Å². The summed E-state index contributed by atoms with van der Waals surface area (Å²) in [6, 6.07) is -0.578. The van der Waals surface area contributed by atoms with Crippen molar-refractivity contribution in [2.24, 2.45) is 11.7 Å². The number of aromatic nitrogens is 1. The third-order valence-corrected chi connectivity index (χ3v) is 4.94. The first-order valence-corrected chi connectivity index (χ1v) is 9.33. The summed E-state index contributed by atoms with van der Waals surface area (Å²) < 4.78 is 5.30. The summed E-state index contributed by atoms with van der Waals surface area (Å²) in [6.07, 6.45) is 5.73. The number of nitrogens with two attached hydrogens (primary N) is 1. The maximum absolute atomic E-state index is 12.7. The molecular weight excluding hydrogens is 326 g/mol. The van der Waals surface area contributed by atoms with E-state index in [1.54, 1.807) is 32.3 Å². The lowest BCUT2D eigenvalue weighted by Gasteiger charge is -2.31. The molecule has 0 bridgehead atoms. The van der Waals surface area contributed by atoms with Crippen LogP contribution in [0.1, 0.15) is 62.7 Å². The second-order valence-electron chi connectivity index (χ2n) is 7.34. The predicted octanol–water partition coefficient (Wildman–Crippen LogP) is 3.13. The van der Waals surface area contributed by atoms with Gasteiger partial charge in [0.05, 0.1) is 6.04 Å². The molecule has 0 aliphatic heterocycles. The fraction of sp³-hybridized carbons (Fsp3) is 0.706. The van der Waals surface area contributed by atoms with Gasteiger partial charge in [-0.25, -0.2) is 9.78 Å². The summed E-state index contributed by atoms with van der Waals surface area (Å²) in [4.78, 5) is 28.9. The fourth-order valence-electron chi connectivity index (χ4n) is 3.01. The number of hydrogen-bond acceptors (Lipinski definition) is 6. The first-order valence-electron chi connectivity index (χ1n) is 8.45. The Labute approximate surface area is 147 Å². The zero-order valence-electron chi connectivity index (χ0n) is 14.6. The highest BCUT2D eigenvalue weighted by Crippen LogP contribution is 2.28. The van der Waals surface area contributed by atoms with Crippen molar-refractivity contribution in [1.29, 1.82) is 0 Å². The van der Waals surface area contributed by atoms with Crippen LogP contribution in [0.2, 0.25) is 0 Å². The van der Waals surface area contributed by atoms with E-state index >= 15 is 0 Å². The van der Waals surface area contributed by atoms with E-state index in [-0.39, 0.29) is 17.7 Å². The number of thiazole rings is 1. The van der Waals surface area contributed by atoms with E-state index in [4.69, 9.17) is 10.5 Å². The number of nitrogens with zero attached hydrogens (tertiary/aromatic N) is 1. The normalized spacial score (nSPS) is 22.7. The molecule has 1 aromatic rings. The summed E-state index contributed by atoms with van der Waals surface area (Å²) in [5.41, 5.74) is 5.60. The zero-order valence-corrected chi connectivity index (χ0v) is 15.4. The maximum atomic E-state index is 12.7. The minimum Gasteiger partial charge on any atom is -0.444 e. The average Bonchev–Trinajstić information content (AvgIpc) is 3.00. The van der Waals surface area contributed by atoms with Crippen molar-refractivity contribution in [3.63, 3.8) is 0 Å². The predicted molar refractivity (Wildman–Crippen MR) is 94.2 cm³/mol. The van der Waals surface area contributed by atoms with Gasteiger partial charge in [0, 0.05) is 17.6 Å². The van der Waals surface area contributed by atoms with Gasteiger partial charge in [0.25, 0.3) is 0 Å². The number of alkyl carbamates (subject to hydrolysis) is 1. The molecular formula is C17H27N3O3S. The lowest BCUT2D eigenvalue weighted by molar-refractivity contribution is 0.0479. The molecule has 24 heavy (non-hydrogen) atoms. The molecule has 6 nitrogen and oxygen atoms in total. The maximum Gasteiger partial charge on any atom is 0.408 e. The molecule has 0 radical (unpaired) electrons. The number of carbonyl (C=O) groups excluding carboxylic acids is 2. The van der Waals surface area contributed by atoms with Crippen molar-refractivity contribution in [3.05, 3.63) is 16.6 Å². The number of amides is 1. The summed E-state index contributed by atoms with van der Waals surface area (Å²) in [6.45, 7) is 5.38. The highest BCUT2D eigenvalue weighted by Gasteiger charge is 2.32. The summed E-state index contributed by atoms with van der Waals surface area (Å²) in [7, 11) is 0. The molecule has 1 saturated carbocycles. The van der Waals surface area contributed by atoms with Crippen molar-refractivity contribution in [2.45, 2.75) is 70.6 Å². The van der Waals surface area contributed by atoms with Gasteiger partial charge in [0.15, 0.2) is 5.01 Å². The van der Waals surface area contributed by atoms with E-state index < -0.39 is 17.7 Å². The largest absolute Gasteiger partial charge is 0.444 e. The van der Waals surface area contributed by atoms with Gasteiger partial charge >= 0.3 is 6.09 Å². The summed E-state index contributed by atoms with van der Waals surface area (Å²) in [5, 5.41) is 4.89. The van der Waals surface area contributed by atoms with Gasteiger partial charge < -0.3 is 15.8 Å². The van der Waals surface area contributed by atoms with Crippen molar-refractivity contribution < 1.29 is 14.3 Å². The second kappa shape index (κ2) is 8.07. The lowest BCUT2D eigenvalue weighted by atomic mass is 9.80. The monoisotopic (exact) mass is 353 g/mol. The van der Waals surface area contributed by atoms with Gasteiger partial charge in [-0.05, 0) is 46.0 Å². The molecule has 2 unspecified atom stereocenters. The molecule has 1 aliphatic carbocycles. The van der Waals surface area contributed by atoms with Crippen LogP contribution in [-0.2, 0) is 4.74 Å². The Hall–Kier alpha value is -1.47. The van der Waals surface area contributed by atoms with Gasteiger partial charge in [-0.3, -0.25) is 4.79 Å². The van der Waals surface area contributed by atoms with Crippen LogP contribution >= 0.6 is 11.3 Å². The molecule has 0 aromatic carbocycles. The smallest absolute Gasteiger partial charge is 0.408 e. The van der Waals surface area contributed by atoms with Crippen LogP contribution in [0, 0.1) is 5.92 Å². The molecule has 3 atom stereocenters. The molecule has 134 valence electrons. The quantitative estimate of drug-likeness (QED) is 0.793. The molecule has 7 heteroatoms. The van der Waals surface area contributed by atoms with Crippen LogP contribution in [0.15, 0.2) is 11.6 Å². The highest BCUT2D eigenvalue weighted by molar-refractivity contribution is 7.11. The number of Topliss-reactive ketones (excluding diaryl/α,β-unsaturated/α-hetero) is 1. The van der Waals surface area contributed by atoms with Crippen molar-refractivity contribution >= 4 is 23.2 Å². The van der Waals surface area contributed by atoms with E-state index in [0.29, 0.717) is 11.4 Å². The van der Waals surface area contributed by atoms with Crippen LogP contribution in [0.4, 0.5) is 4.79 Å². The van der Waals surface area contributed by atoms with Crippen molar-refractivity contribution in [2.75, 3.05) is 0 Å². The Kier molecular flexibility index (Phi) is 6.34. The molecule has 1 aromatic heterocycles. The van der Waals surface area contributed by atoms with Crippen LogP contribution in [0.5, 0.6) is 0 Å². The number of hydrogen-bond donors (Lipinski definition) is 2. The standard InChI is InChI=1S/C17H27N3O3S/c1-17(2,3)23-16(22)20-13(14(21)15-19-8-9-24-15)10-11-6-4-5-7-12(11)18/h8-9,11-13H,4-7,10,18H2,1-3H3,(H,20,22)/t11?,12?,13-/m0/s1. The topological polar surface area (TPSA) is 94.3 Å². The SMILES string of the molecule is CC(C)(C)OC(=O)N[C@@H](CC1CCCCC1N)C(=O)c1nccs1. The van der Waals surface area contributed by atoms with Crippen LogP contribution in [-0.4, -0.2) is 34.5 Å². The van der Waals surface area contributed by atoms with Crippen LogP contribution in [0.3, 0.4) is 0 Å². The van der Waals surface area contributed by atoms with Gasteiger partial charge in [-0.1, -0.05) is 12.8 Å². The van der Waals surface area contributed by atoms with Gasteiger partial charge in [0.1, 0.15) is 5.60 Å². The fourth-order valence-corrected chi connectivity index (χ4v) is 3.64. The second-order valence-corrected chi connectivity index (χ2v) is 8.24. The zero-order chi connectivity index (χ0) is 17.7. The summed E-state index contributed by atoms with van der Waals surface area (Å²) >= 11 is 1.28. The number of ketones is 1. The third-order valence-electron chi connectivity index (χ3n) is 4.16. The molecule has 1 fully saturated rings. The highest BCUT2D eigenvalue weighted by atomic mass is 32.1. The number of nitrogens with one attached hydrogen (secondary N) is 1. The molecule has 1 amide bonds. The Balaban J connectivity index is 2.08. The number of ether oxygens (including phenoxy) is 1. The third kappa shape index (κ3) is 5.56. The Morgan fingerprint density at radius 3 is 2.71 bits per heavy atom. The average molecular weight is 353 g/mol. The van der Waals surface area contributed by atoms with E-state index in [9.17, 15) is 9.59 Å². The molecule has 1 aliphatic rings. The molecule has 3 N–H and O–H groups in total. The molecule has 0 spiro atoms. The Morgan fingerprint density at radius 2 is 2.12 bits per heavy atom. The van der Waals surface area contributed by atoms with Crippen LogP contribution < -0.4 is 11.1 Å². The van der Waals surface area contributed by atoms with Crippen LogP contribution in [0.25, 0.3) is 0 Å². The molecule has 0 saturated heterocycles. The summed E-state index contributed by atoms with van der Waals surface area (Å²) in [5.74, 6) is 0.0521. The van der Waals surface area contributed by atoms with E-state index in [1.165, 1.54) is 11.3 Å². The number of carbonyl (C=O) groups is 2. The molecule has 1 heterocycles. The number of rotatable bonds is 5. The van der Waals surface area contributed by atoms with E-state index in [1.807, 2.05) is 0 Å². The van der Waals surface area contributed by atoms with E-state index in [0.717, 1.165) is 25.7 Å². The minimum atomic E-state index is -0.653.